The maximum Gasteiger partial charge on any atom is 0.502 e. The van der Waals surface area contributed by atoms with Crippen LogP contribution < -0.4 is 14.2 Å². The van der Waals surface area contributed by atoms with Crippen LogP contribution in [0.3, 0.4) is 0 Å². The molecule has 62 valence electrons. The predicted molar refractivity (Wildman–Crippen MR) is 33.7 cm³/mol. The number of imidazole rings is 1. The second-order valence-corrected chi connectivity index (χ2v) is 1.80. The summed E-state index contributed by atoms with van der Waals surface area (Å²) in [5.41, 5.74) is 0. The van der Waals surface area contributed by atoms with E-state index in [2.05, 4.69) is 9.47 Å². The molecule has 0 saturated heterocycles. The van der Waals surface area contributed by atoms with Crippen LogP contribution in [-0.4, -0.2) is 24.2 Å². The first-order valence-corrected chi connectivity index (χ1v) is 2.83. The highest BCUT2D eigenvalue weighted by atomic mass is 16.6. The molecule has 0 bridgehead atoms. The molecule has 0 aliphatic rings. The summed E-state index contributed by atoms with van der Waals surface area (Å²) in [6.07, 6.45) is 1.10. The van der Waals surface area contributed by atoms with E-state index >= 15 is 0 Å². The van der Waals surface area contributed by atoms with Gasteiger partial charge in [-0.25, -0.2) is 0 Å². The van der Waals surface area contributed by atoms with Crippen LogP contribution in [0.2, 0.25) is 0 Å². The molecule has 1 aromatic heterocycles. The zero-order valence-corrected chi connectivity index (χ0v) is 6.14. The molecular weight excluding hydrogens is 152 g/mol. The van der Waals surface area contributed by atoms with Gasteiger partial charge >= 0.3 is 11.9 Å². The van der Waals surface area contributed by atoms with Crippen LogP contribution in [0, 0.1) is 5.21 Å². The lowest BCUT2D eigenvalue weighted by atomic mass is 10.8. The van der Waals surface area contributed by atoms with Crippen LogP contribution in [0.4, 0.5) is 0 Å². The molecule has 0 amide bonds. The number of methoxy groups -OCH3 is 2. The molecule has 1 N–H and O–H groups in total. The first-order chi connectivity index (χ1) is 5.20. The summed E-state index contributed by atoms with van der Waals surface area (Å²) >= 11 is 0. The summed E-state index contributed by atoms with van der Waals surface area (Å²) < 4.78 is 10.0. The van der Waals surface area contributed by atoms with Gasteiger partial charge < -0.3 is 19.9 Å². The minimum atomic E-state index is -0.234. The SMILES string of the molecule is COc1cn(O)c(OC)[n+]1[O-]. The van der Waals surface area contributed by atoms with Crippen molar-refractivity contribution in [3.63, 3.8) is 0 Å². The fraction of sp³-hybridized carbons (Fsp3) is 0.400. The quantitative estimate of drug-likeness (QED) is 0.355. The second kappa shape index (κ2) is 2.57. The van der Waals surface area contributed by atoms with Crippen LogP contribution >= 0.6 is 0 Å². The minimum absolute atomic E-state index is 0.0237. The lowest BCUT2D eigenvalue weighted by Crippen LogP contribution is -2.28. The number of hydrogen-bond acceptors (Lipinski definition) is 4. The van der Waals surface area contributed by atoms with Gasteiger partial charge in [0.25, 0.3) is 0 Å². The molecular formula is C5H8N2O4. The molecule has 6 heteroatoms. The molecule has 0 unspecified atom stereocenters. The minimum Gasteiger partial charge on any atom is -0.706 e. The van der Waals surface area contributed by atoms with Crippen LogP contribution in [-0.2, 0) is 0 Å². The van der Waals surface area contributed by atoms with Crippen molar-refractivity contribution in [2.45, 2.75) is 0 Å². The number of nitrogens with zero attached hydrogens (tertiary/aromatic N) is 2. The number of ether oxygens (including phenoxy) is 2. The topological polar surface area (TPSA) is 70.6 Å². The first kappa shape index (κ1) is 7.52. The van der Waals surface area contributed by atoms with Crippen molar-refractivity contribution in [2.75, 3.05) is 14.2 Å². The number of hydrogen-bond donors (Lipinski definition) is 1. The summed E-state index contributed by atoms with van der Waals surface area (Å²) in [7, 11) is 2.60. The van der Waals surface area contributed by atoms with E-state index in [0.29, 0.717) is 9.46 Å². The monoisotopic (exact) mass is 160 g/mol. The Morgan fingerprint density at radius 2 is 2.18 bits per heavy atom. The van der Waals surface area contributed by atoms with E-state index in [1.54, 1.807) is 0 Å². The molecule has 0 spiro atoms. The molecule has 0 radical (unpaired) electrons. The van der Waals surface area contributed by atoms with E-state index in [1.807, 2.05) is 0 Å². The van der Waals surface area contributed by atoms with E-state index in [0.717, 1.165) is 6.20 Å². The molecule has 1 heterocycles. The van der Waals surface area contributed by atoms with Gasteiger partial charge in [0.15, 0.2) is 0 Å². The van der Waals surface area contributed by atoms with Crippen LogP contribution in [0.15, 0.2) is 6.20 Å². The van der Waals surface area contributed by atoms with Gasteiger partial charge in [-0.15, -0.1) is 0 Å². The average Bonchev–Trinajstić information content (AvgIpc) is 2.26. The molecule has 0 aliphatic heterocycles. The van der Waals surface area contributed by atoms with Gasteiger partial charge in [-0.3, -0.25) is 0 Å². The molecule has 0 saturated carbocycles. The molecule has 6 nitrogen and oxygen atoms in total. The predicted octanol–water partition coefficient (Wildman–Crippen LogP) is -0.624. The average molecular weight is 160 g/mol. The Morgan fingerprint density at radius 1 is 1.55 bits per heavy atom. The Bertz CT molecular complexity index is 257. The van der Waals surface area contributed by atoms with Gasteiger partial charge in [-0.05, 0) is 4.73 Å². The molecule has 1 aromatic rings. The third-order valence-electron chi connectivity index (χ3n) is 1.19. The van der Waals surface area contributed by atoms with Crippen LogP contribution in [0.25, 0.3) is 0 Å². The van der Waals surface area contributed by atoms with Gasteiger partial charge in [0.1, 0.15) is 0 Å². The largest absolute Gasteiger partial charge is 0.706 e. The Kier molecular flexibility index (Phi) is 1.75. The third-order valence-corrected chi connectivity index (χ3v) is 1.19. The maximum atomic E-state index is 10.9. The van der Waals surface area contributed by atoms with Gasteiger partial charge in [-0.1, -0.05) is 0 Å². The second-order valence-electron chi connectivity index (χ2n) is 1.80. The van der Waals surface area contributed by atoms with Crippen molar-refractivity contribution in [1.29, 1.82) is 0 Å². The van der Waals surface area contributed by atoms with Crippen LogP contribution in [0.5, 0.6) is 11.9 Å². The summed E-state index contributed by atoms with van der Waals surface area (Å²) in [5, 5.41) is 19.9. The summed E-state index contributed by atoms with van der Waals surface area (Å²) in [6.45, 7) is 0. The van der Waals surface area contributed by atoms with Crippen molar-refractivity contribution in [3.05, 3.63) is 11.4 Å². The Balaban J connectivity index is 3.14. The highest BCUT2D eigenvalue weighted by Crippen LogP contribution is 2.10. The molecule has 0 atom stereocenters. The summed E-state index contributed by atoms with van der Waals surface area (Å²) in [6, 6.07) is -0.234. The van der Waals surface area contributed by atoms with Crippen molar-refractivity contribution in [2.24, 2.45) is 0 Å². The molecule has 1 rings (SSSR count). The zero-order chi connectivity index (χ0) is 8.43. The third kappa shape index (κ3) is 1.02. The summed E-state index contributed by atoms with van der Waals surface area (Å²) in [4.78, 5) is 0. The van der Waals surface area contributed by atoms with Crippen molar-refractivity contribution in [3.8, 4) is 11.9 Å². The Morgan fingerprint density at radius 3 is 2.45 bits per heavy atom. The van der Waals surface area contributed by atoms with E-state index in [9.17, 15) is 5.21 Å². The van der Waals surface area contributed by atoms with E-state index in [-0.39, 0.29) is 11.9 Å². The highest BCUT2D eigenvalue weighted by molar-refractivity contribution is 5.01. The Hall–Kier alpha value is -1.59. The molecule has 0 fully saturated rings. The fourth-order valence-electron chi connectivity index (χ4n) is 0.712. The normalized spacial score (nSPS) is 9.64. The highest BCUT2D eigenvalue weighted by Gasteiger charge is 2.19. The zero-order valence-electron chi connectivity index (χ0n) is 6.14. The van der Waals surface area contributed by atoms with Gasteiger partial charge in [0, 0.05) is 0 Å². The molecule has 11 heavy (non-hydrogen) atoms. The Labute approximate surface area is 62.7 Å². The fourth-order valence-corrected chi connectivity index (χ4v) is 0.712. The van der Waals surface area contributed by atoms with Crippen molar-refractivity contribution in [1.82, 2.24) is 4.73 Å². The molecule has 0 aliphatic carbocycles. The van der Waals surface area contributed by atoms with Crippen molar-refractivity contribution >= 4 is 0 Å². The van der Waals surface area contributed by atoms with Gasteiger partial charge in [0.2, 0.25) is 6.20 Å². The standard InChI is InChI=1S/C5H8N2O4/c1-10-4-3-6(8)5(11-2)7(4)9/h3,8H,1-2H3. The smallest absolute Gasteiger partial charge is 0.502 e. The summed E-state index contributed by atoms with van der Waals surface area (Å²) in [5.74, 6) is -0.0237. The van der Waals surface area contributed by atoms with E-state index < -0.39 is 0 Å². The number of rotatable bonds is 2. The van der Waals surface area contributed by atoms with E-state index in [4.69, 9.17) is 5.21 Å². The van der Waals surface area contributed by atoms with Gasteiger partial charge in [0.05, 0.1) is 14.2 Å². The maximum absolute atomic E-state index is 10.9. The molecule has 0 aromatic carbocycles. The number of aromatic nitrogens is 2. The van der Waals surface area contributed by atoms with E-state index in [1.165, 1.54) is 14.2 Å². The lowest BCUT2D eigenvalue weighted by Gasteiger charge is -2.01. The van der Waals surface area contributed by atoms with Crippen LogP contribution in [0.1, 0.15) is 0 Å². The lowest BCUT2D eigenvalue weighted by molar-refractivity contribution is -0.619. The van der Waals surface area contributed by atoms with Crippen molar-refractivity contribution < 1.29 is 19.4 Å². The first-order valence-electron chi connectivity index (χ1n) is 2.83. The van der Waals surface area contributed by atoms with Gasteiger partial charge in [-0.2, -0.15) is 4.73 Å².